The number of carbonyl (C=O) groups excluding carboxylic acids is 1. The summed E-state index contributed by atoms with van der Waals surface area (Å²) in [6.45, 7) is 3.42. The van der Waals surface area contributed by atoms with Gasteiger partial charge in [0.15, 0.2) is 0 Å². The van der Waals surface area contributed by atoms with Gasteiger partial charge in [-0.15, -0.1) is 0 Å². The van der Waals surface area contributed by atoms with Crippen molar-refractivity contribution in [2.75, 3.05) is 13.1 Å². The molecule has 6 heteroatoms. The molecule has 1 heterocycles. The predicted molar refractivity (Wildman–Crippen MR) is 96.4 cm³/mol. The number of aryl methyl sites for hydroxylation is 1. The molecule has 1 amide bonds. The Bertz CT molecular complexity index is 749. The highest BCUT2D eigenvalue weighted by Crippen LogP contribution is 2.25. The molecule has 1 fully saturated rings. The Labute approximate surface area is 147 Å². The molecule has 6 nitrogen and oxygen atoms in total. The SMILES string of the molecule is CCN(CC(=O)O)C1CC(NC(=O)CCn2ccc3ccccc32)C1. The molecule has 0 aliphatic heterocycles. The van der Waals surface area contributed by atoms with Crippen molar-refractivity contribution >= 4 is 22.8 Å². The Balaban J connectivity index is 1.43. The number of fused-ring (bicyclic) bond motifs is 1. The maximum Gasteiger partial charge on any atom is 0.317 e. The summed E-state index contributed by atoms with van der Waals surface area (Å²) < 4.78 is 2.10. The first-order chi connectivity index (χ1) is 12.1. The third-order valence-electron chi connectivity index (χ3n) is 5.00. The molecule has 0 atom stereocenters. The number of benzene rings is 1. The van der Waals surface area contributed by atoms with Crippen LogP contribution in [0.1, 0.15) is 26.2 Å². The number of likely N-dealkylation sites (N-methyl/N-ethyl adjacent to an activating group) is 1. The van der Waals surface area contributed by atoms with Crippen LogP contribution in [0.15, 0.2) is 36.5 Å². The Morgan fingerprint density at radius 3 is 2.76 bits per heavy atom. The molecule has 2 N–H and O–H groups in total. The average molecular weight is 343 g/mol. The van der Waals surface area contributed by atoms with Crippen LogP contribution in [0.2, 0.25) is 0 Å². The summed E-state index contributed by atoms with van der Waals surface area (Å²) in [5, 5.41) is 13.2. The molecular formula is C19H25N3O3. The number of nitrogens with zero attached hydrogens (tertiary/aromatic N) is 2. The van der Waals surface area contributed by atoms with E-state index >= 15 is 0 Å². The van der Waals surface area contributed by atoms with E-state index in [4.69, 9.17) is 5.11 Å². The van der Waals surface area contributed by atoms with Gasteiger partial charge in [-0.3, -0.25) is 14.5 Å². The molecule has 0 radical (unpaired) electrons. The van der Waals surface area contributed by atoms with Crippen LogP contribution in [0.4, 0.5) is 0 Å². The third kappa shape index (κ3) is 4.20. The number of carboxylic acid groups (broad SMARTS) is 1. The second kappa shape index (κ2) is 7.70. The van der Waals surface area contributed by atoms with Crippen LogP contribution < -0.4 is 5.32 Å². The minimum atomic E-state index is -0.798. The largest absolute Gasteiger partial charge is 0.480 e. The van der Waals surface area contributed by atoms with Crippen molar-refractivity contribution in [3.63, 3.8) is 0 Å². The van der Waals surface area contributed by atoms with Crippen LogP contribution in [0.25, 0.3) is 10.9 Å². The zero-order chi connectivity index (χ0) is 17.8. The summed E-state index contributed by atoms with van der Waals surface area (Å²) in [5.41, 5.74) is 1.14. The van der Waals surface area contributed by atoms with Crippen molar-refractivity contribution in [3.8, 4) is 0 Å². The van der Waals surface area contributed by atoms with Gasteiger partial charge in [-0.25, -0.2) is 0 Å². The van der Waals surface area contributed by atoms with Gasteiger partial charge in [0, 0.05) is 36.8 Å². The van der Waals surface area contributed by atoms with Crippen LogP contribution in [-0.4, -0.2) is 51.6 Å². The molecule has 1 aromatic heterocycles. The van der Waals surface area contributed by atoms with Gasteiger partial charge in [0.2, 0.25) is 5.91 Å². The summed E-state index contributed by atoms with van der Waals surface area (Å²) in [5.74, 6) is -0.740. The van der Waals surface area contributed by atoms with Crippen molar-refractivity contribution in [2.24, 2.45) is 0 Å². The van der Waals surface area contributed by atoms with Gasteiger partial charge in [0.25, 0.3) is 0 Å². The van der Waals surface area contributed by atoms with Crippen molar-refractivity contribution in [1.82, 2.24) is 14.8 Å². The summed E-state index contributed by atoms with van der Waals surface area (Å²) in [4.78, 5) is 25.0. The van der Waals surface area contributed by atoms with E-state index in [2.05, 4.69) is 28.1 Å². The van der Waals surface area contributed by atoms with Crippen molar-refractivity contribution in [2.45, 2.75) is 44.8 Å². The van der Waals surface area contributed by atoms with Crippen LogP contribution in [0.3, 0.4) is 0 Å². The van der Waals surface area contributed by atoms with Gasteiger partial charge in [-0.05, 0) is 36.9 Å². The molecule has 25 heavy (non-hydrogen) atoms. The fraction of sp³-hybridized carbons (Fsp3) is 0.474. The normalized spacial score (nSPS) is 19.8. The molecule has 0 bridgehead atoms. The third-order valence-corrected chi connectivity index (χ3v) is 5.00. The number of hydrogen-bond donors (Lipinski definition) is 2. The van der Waals surface area contributed by atoms with Crippen LogP contribution in [0, 0.1) is 0 Å². The monoisotopic (exact) mass is 343 g/mol. The lowest BCUT2D eigenvalue weighted by molar-refractivity contribution is -0.139. The first-order valence-corrected chi connectivity index (χ1v) is 8.86. The molecule has 1 saturated carbocycles. The van der Waals surface area contributed by atoms with E-state index in [1.807, 2.05) is 30.2 Å². The van der Waals surface area contributed by atoms with Crippen LogP contribution in [-0.2, 0) is 16.1 Å². The highest BCUT2D eigenvalue weighted by molar-refractivity contribution is 5.80. The zero-order valence-electron chi connectivity index (χ0n) is 14.5. The Morgan fingerprint density at radius 2 is 2.04 bits per heavy atom. The summed E-state index contributed by atoms with van der Waals surface area (Å²) in [7, 11) is 0. The maximum atomic E-state index is 12.2. The Hall–Kier alpha value is -2.34. The molecule has 0 saturated heterocycles. The van der Waals surface area contributed by atoms with Gasteiger partial charge in [-0.1, -0.05) is 25.1 Å². The van der Waals surface area contributed by atoms with E-state index in [0.29, 0.717) is 13.0 Å². The summed E-state index contributed by atoms with van der Waals surface area (Å²) >= 11 is 0. The number of amides is 1. The molecule has 1 aromatic carbocycles. The van der Waals surface area contributed by atoms with E-state index in [1.165, 1.54) is 5.39 Å². The fourth-order valence-corrected chi connectivity index (χ4v) is 3.53. The molecule has 0 spiro atoms. The van der Waals surface area contributed by atoms with Crippen molar-refractivity contribution in [1.29, 1.82) is 0 Å². The Morgan fingerprint density at radius 1 is 1.28 bits per heavy atom. The van der Waals surface area contributed by atoms with Gasteiger partial charge in [0.1, 0.15) is 0 Å². The average Bonchev–Trinajstić information content (AvgIpc) is 2.97. The van der Waals surface area contributed by atoms with Gasteiger partial charge in [0.05, 0.1) is 6.54 Å². The lowest BCUT2D eigenvalue weighted by Crippen LogP contribution is -2.54. The number of aliphatic carboxylic acids is 1. The molecule has 1 aliphatic carbocycles. The van der Waals surface area contributed by atoms with E-state index in [1.54, 1.807) is 0 Å². The Kier molecular flexibility index (Phi) is 5.38. The van der Waals surface area contributed by atoms with Crippen molar-refractivity contribution < 1.29 is 14.7 Å². The maximum absolute atomic E-state index is 12.2. The van der Waals surface area contributed by atoms with E-state index in [-0.39, 0.29) is 24.5 Å². The smallest absolute Gasteiger partial charge is 0.317 e. The molecule has 3 rings (SSSR count). The van der Waals surface area contributed by atoms with Crippen LogP contribution >= 0.6 is 0 Å². The lowest BCUT2D eigenvalue weighted by atomic mass is 9.85. The zero-order valence-corrected chi connectivity index (χ0v) is 14.5. The number of hydrogen-bond acceptors (Lipinski definition) is 3. The van der Waals surface area contributed by atoms with Crippen molar-refractivity contribution in [3.05, 3.63) is 36.5 Å². The number of carboxylic acids is 1. The number of aromatic nitrogens is 1. The number of rotatable bonds is 8. The quantitative estimate of drug-likeness (QED) is 0.770. The highest BCUT2D eigenvalue weighted by atomic mass is 16.4. The number of carbonyl (C=O) groups is 2. The lowest BCUT2D eigenvalue weighted by Gasteiger charge is -2.42. The minimum absolute atomic E-state index is 0.0579. The standard InChI is InChI=1S/C19H25N3O3/c1-2-21(13-19(24)25)16-11-15(12-16)20-18(23)8-10-22-9-7-14-5-3-4-6-17(14)22/h3-7,9,15-16H,2,8,10-13H2,1H3,(H,20,23)(H,24,25). The van der Waals surface area contributed by atoms with E-state index < -0.39 is 5.97 Å². The molecule has 2 aromatic rings. The van der Waals surface area contributed by atoms with Gasteiger partial charge in [-0.2, -0.15) is 0 Å². The van der Waals surface area contributed by atoms with Gasteiger partial charge < -0.3 is 15.0 Å². The molecule has 1 aliphatic rings. The van der Waals surface area contributed by atoms with Gasteiger partial charge >= 0.3 is 5.97 Å². The fourth-order valence-electron chi connectivity index (χ4n) is 3.53. The number of para-hydroxylation sites is 1. The highest BCUT2D eigenvalue weighted by Gasteiger charge is 2.34. The van der Waals surface area contributed by atoms with Crippen LogP contribution in [0.5, 0.6) is 0 Å². The second-order valence-electron chi connectivity index (χ2n) is 6.66. The minimum Gasteiger partial charge on any atom is -0.480 e. The summed E-state index contributed by atoms with van der Waals surface area (Å²) in [6.07, 6.45) is 4.13. The summed E-state index contributed by atoms with van der Waals surface area (Å²) in [6, 6.07) is 10.6. The van der Waals surface area contributed by atoms with E-state index in [9.17, 15) is 9.59 Å². The number of nitrogens with one attached hydrogen (secondary N) is 1. The second-order valence-corrected chi connectivity index (χ2v) is 6.66. The van der Waals surface area contributed by atoms with E-state index in [0.717, 1.165) is 24.9 Å². The predicted octanol–water partition coefficient (Wildman–Crippen LogP) is 2.09. The first kappa shape index (κ1) is 17.5. The molecule has 134 valence electrons. The molecule has 0 unspecified atom stereocenters. The first-order valence-electron chi connectivity index (χ1n) is 8.86. The molecular weight excluding hydrogens is 318 g/mol. The topological polar surface area (TPSA) is 74.6 Å².